The van der Waals surface area contributed by atoms with E-state index < -0.39 is 6.10 Å². The maximum atomic E-state index is 12.5. The van der Waals surface area contributed by atoms with Gasteiger partial charge in [0.2, 0.25) is 5.91 Å². The minimum absolute atomic E-state index is 0.0433. The summed E-state index contributed by atoms with van der Waals surface area (Å²) in [5, 5.41) is 15.2. The predicted molar refractivity (Wildman–Crippen MR) is 85.9 cm³/mol. The van der Waals surface area contributed by atoms with E-state index >= 15 is 0 Å². The van der Waals surface area contributed by atoms with Crippen LogP contribution in [0.4, 0.5) is 0 Å². The number of carbonyl (C=O) groups is 1. The Kier molecular flexibility index (Phi) is 4.64. The third-order valence-electron chi connectivity index (χ3n) is 4.21. The van der Waals surface area contributed by atoms with Gasteiger partial charge >= 0.3 is 0 Å². The van der Waals surface area contributed by atoms with Gasteiger partial charge in [-0.3, -0.25) is 4.79 Å². The number of carbonyl (C=O) groups excluding carboxylic acids is 1. The molecule has 118 valence electrons. The molecule has 0 bridgehead atoms. The van der Waals surface area contributed by atoms with Gasteiger partial charge < -0.3 is 14.8 Å². The van der Waals surface area contributed by atoms with Crippen LogP contribution in [-0.2, 0) is 11.2 Å². The van der Waals surface area contributed by atoms with Crippen LogP contribution in [-0.4, -0.2) is 17.1 Å². The first kappa shape index (κ1) is 15.3. The Bertz CT molecular complexity index is 620. The van der Waals surface area contributed by atoms with E-state index in [9.17, 15) is 9.90 Å². The summed E-state index contributed by atoms with van der Waals surface area (Å²) in [5.41, 5.74) is 1.19. The predicted octanol–water partition coefficient (Wildman–Crippen LogP) is 3.39. The van der Waals surface area contributed by atoms with Crippen LogP contribution in [0.25, 0.3) is 0 Å². The van der Waals surface area contributed by atoms with Gasteiger partial charge in [-0.1, -0.05) is 0 Å². The molecule has 0 saturated heterocycles. The molecule has 1 amide bonds. The van der Waals surface area contributed by atoms with Crippen molar-refractivity contribution >= 4 is 17.2 Å². The molecule has 2 N–H and O–H groups in total. The van der Waals surface area contributed by atoms with E-state index in [1.165, 1.54) is 10.4 Å². The van der Waals surface area contributed by atoms with Crippen LogP contribution in [0.1, 0.15) is 54.4 Å². The normalized spacial score (nSPS) is 20.2. The van der Waals surface area contributed by atoms with Gasteiger partial charge in [0.25, 0.3) is 0 Å². The monoisotopic (exact) mass is 319 g/mol. The topological polar surface area (TPSA) is 62.5 Å². The van der Waals surface area contributed by atoms with E-state index in [1.807, 2.05) is 6.92 Å². The first-order chi connectivity index (χ1) is 10.6. The summed E-state index contributed by atoms with van der Waals surface area (Å²) in [7, 11) is 0. The van der Waals surface area contributed by atoms with Crippen molar-refractivity contribution in [3.63, 3.8) is 0 Å². The van der Waals surface area contributed by atoms with Crippen molar-refractivity contribution in [3.8, 4) is 0 Å². The SMILES string of the molecule is CC(CC(O)c1ccco1)NC(=O)C1CCCc2sccc21. The van der Waals surface area contributed by atoms with Crippen molar-refractivity contribution in [1.82, 2.24) is 5.32 Å². The summed E-state index contributed by atoms with van der Waals surface area (Å²) >= 11 is 1.74. The molecule has 1 aliphatic rings. The lowest BCUT2D eigenvalue weighted by Gasteiger charge is -2.24. The smallest absolute Gasteiger partial charge is 0.227 e. The quantitative estimate of drug-likeness (QED) is 0.888. The fourth-order valence-electron chi connectivity index (χ4n) is 3.09. The summed E-state index contributed by atoms with van der Waals surface area (Å²) in [5.74, 6) is 0.565. The minimum Gasteiger partial charge on any atom is -0.467 e. The van der Waals surface area contributed by atoms with Gasteiger partial charge in [0.1, 0.15) is 11.9 Å². The van der Waals surface area contributed by atoms with E-state index in [0.29, 0.717) is 12.2 Å². The third-order valence-corrected chi connectivity index (χ3v) is 5.20. The molecule has 2 aromatic heterocycles. The Morgan fingerprint density at radius 2 is 2.41 bits per heavy atom. The van der Waals surface area contributed by atoms with Crippen molar-refractivity contribution in [1.29, 1.82) is 0 Å². The van der Waals surface area contributed by atoms with Gasteiger partial charge in [0.15, 0.2) is 0 Å². The van der Waals surface area contributed by atoms with Crippen LogP contribution in [0.3, 0.4) is 0 Å². The Balaban J connectivity index is 1.58. The van der Waals surface area contributed by atoms with Crippen LogP contribution in [0.2, 0.25) is 0 Å². The number of thiophene rings is 1. The number of nitrogens with one attached hydrogen (secondary N) is 1. The number of furan rings is 1. The van der Waals surface area contributed by atoms with Crippen LogP contribution < -0.4 is 5.32 Å². The Hall–Kier alpha value is -1.59. The molecule has 1 aliphatic carbocycles. The number of rotatable bonds is 5. The summed E-state index contributed by atoms with van der Waals surface area (Å²) in [6.45, 7) is 1.92. The first-order valence-corrected chi connectivity index (χ1v) is 8.61. The number of hydrogen-bond donors (Lipinski definition) is 2. The lowest BCUT2D eigenvalue weighted by molar-refractivity contribution is -0.123. The number of fused-ring (bicyclic) bond motifs is 1. The lowest BCUT2D eigenvalue weighted by Crippen LogP contribution is -2.38. The maximum Gasteiger partial charge on any atom is 0.227 e. The van der Waals surface area contributed by atoms with Gasteiger partial charge in [0.05, 0.1) is 12.2 Å². The minimum atomic E-state index is -0.687. The van der Waals surface area contributed by atoms with Gasteiger partial charge in [-0.2, -0.15) is 0 Å². The fourth-order valence-corrected chi connectivity index (χ4v) is 4.08. The van der Waals surface area contributed by atoms with Crippen LogP contribution >= 0.6 is 11.3 Å². The van der Waals surface area contributed by atoms with Crippen molar-refractivity contribution in [2.45, 2.75) is 50.7 Å². The van der Waals surface area contributed by atoms with Gasteiger partial charge in [-0.25, -0.2) is 0 Å². The van der Waals surface area contributed by atoms with Crippen molar-refractivity contribution in [3.05, 3.63) is 46.0 Å². The Labute approximate surface area is 134 Å². The number of amides is 1. The third kappa shape index (κ3) is 3.25. The zero-order valence-corrected chi connectivity index (χ0v) is 13.4. The van der Waals surface area contributed by atoms with Crippen molar-refractivity contribution in [2.75, 3.05) is 0 Å². The van der Waals surface area contributed by atoms with Gasteiger partial charge in [0, 0.05) is 17.3 Å². The molecule has 3 unspecified atom stereocenters. The van der Waals surface area contributed by atoms with E-state index in [0.717, 1.165) is 19.3 Å². The number of aliphatic hydroxyl groups excluding tert-OH is 1. The molecule has 0 spiro atoms. The number of aryl methyl sites for hydroxylation is 1. The molecule has 2 heterocycles. The van der Waals surface area contributed by atoms with Crippen LogP contribution in [0, 0.1) is 0 Å². The molecule has 22 heavy (non-hydrogen) atoms. The molecule has 0 radical (unpaired) electrons. The Morgan fingerprint density at radius 1 is 1.55 bits per heavy atom. The zero-order valence-electron chi connectivity index (χ0n) is 12.6. The molecule has 5 heteroatoms. The standard InChI is InChI=1S/C17H21NO3S/c1-11(10-14(19)15-5-3-8-21-15)18-17(20)13-4-2-6-16-12(13)7-9-22-16/h3,5,7-9,11,13-14,19H,2,4,6,10H2,1H3,(H,18,20). The van der Waals surface area contributed by atoms with E-state index in [2.05, 4.69) is 16.8 Å². The summed E-state index contributed by atoms with van der Waals surface area (Å²) < 4.78 is 5.19. The molecule has 3 rings (SSSR count). The summed E-state index contributed by atoms with van der Waals surface area (Å²) in [6, 6.07) is 5.47. The molecule has 0 saturated carbocycles. The second-order valence-corrected chi connectivity index (χ2v) is 6.92. The highest BCUT2D eigenvalue weighted by atomic mass is 32.1. The fraction of sp³-hybridized carbons (Fsp3) is 0.471. The highest BCUT2D eigenvalue weighted by Crippen LogP contribution is 2.35. The highest BCUT2D eigenvalue weighted by Gasteiger charge is 2.28. The second-order valence-electron chi connectivity index (χ2n) is 5.92. The molecule has 2 aromatic rings. The second kappa shape index (κ2) is 6.67. The number of hydrogen-bond acceptors (Lipinski definition) is 4. The molecule has 3 atom stereocenters. The average Bonchev–Trinajstić information content (AvgIpc) is 3.17. The molecule has 0 aliphatic heterocycles. The summed E-state index contributed by atoms with van der Waals surface area (Å²) in [6.07, 6.45) is 4.36. The highest BCUT2D eigenvalue weighted by molar-refractivity contribution is 7.10. The Morgan fingerprint density at radius 3 is 3.18 bits per heavy atom. The molecule has 0 fully saturated rings. The van der Waals surface area contributed by atoms with E-state index in [-0.39, 0.29) is 17.9 Å². The van der Waals surface area contributed by atoms with Crippen LogP contribution in [0.15, 0.2) is 34.3 Å². The average molecular weight is 319 g/mol. The van der Waals surface area contributed by atoms with Crippen molar-refractivity contribution in [2.24, 2.45) is 0 Å². The molecular formula is C17H21NO3S. The maximum absolute atomic E-state index is 12.5. The van der Waals surface area contributed by atoms with E-state index in [1.54, 1.807) is 29.7 Å². The van der Waals surface area contributed by atoms with E-state index in [4.69, 9.17) is 4.42 Å². The lowest BCUT2D eigenvalue weighted by atomic mass is 9.87. The summed E-state index contributed by atoms with van der Waals surface area (Å²) in [4.78, 5) is 13.9. The molecule has 4 nitrogen and oxygen atoms in total. The van der Waals surface area contributed by atoms with Gasteiger partial charge in [-0.05, 0) is 55.3 Å². The van der Waals surface area contributed by atoms with Gasteiger partial charge in [-0.15, -0.1) is 11.3 Å². The zero-order chi connectivity index (χ0) is 15.5. The van der Waals surface area contributed by atoms with Crippen molar-refractivity contribution < 1.29 is 14.3 Å². The largest absolute Gasteiger partial charge is 0.467 e. The molecular weight excluding hydrogens is 298 g/mol. The van der Waals surface area contributed by atoms with Crippen LogP contribution in [0.5, 0.6) is 0 Å². The molecule has 0 aromatic carbocycles. The number of aliphatic hydroxyl groups is 1. The first-order valence-electron chi connectivity index (χ1n) is 7.73.